The molecule has 0 amide bonds. The van der Waals surface area contributed by atoms with Crippen molar-refractivity contribution in [2.24, 2.45) is 5.92 Å². The van der Waals surface area contributed by atoms with Crippen LogP contribution in [0.3, 0.4) is 0 Å². The van der Waals surface area contributed by atoms with Gasteiger partial charge in [-0.15, -0.1) is 0 Å². The van der Waals surface area contributed by atoms with Gasteiger partial charge in [0.15, 0.2) is 9.84 Å². The Morgan fingerprint density at radius 1 is 0.842 bits per heavy atom. The van der Waals surface area contributed by atoms with Gasteiger partial charge in [0.2, 0.25) is 0 Å². The Balaban J connectivity index is 1.89. The first kappa shape index (κ1) is 32.3. The van der Waals surface area contributed by atoms with Crippen LogP contribution < -0.4 is 10.1 Å². The molecule has 6 heteroatoms. The molecule has 0 spiro atoms. The summed E-state index contributed by atoms with van der Waals surface area (Å²) in [7, 11) is -3.35. The molecular formula is C32H52N2O3S. The van der Waals surface area contributed by atoms with Gasteiger partial charge in [-0.25, -0.2) is 8.42 Å². The van der Waals surface area contributed by atoms with Gasteiger partial charge in [-0.1, -0.05) is 65.3 Å². The van der Waals surface area contributed by atoms with Crippen molar-refractivity contribution in [3.05, 3.63) is 59.7 Å². The van der Waals surface area contributed by atoms with E-state index >= 15 is 0 Å². The first-order valence-corrected chi connectivity index (χ1v) is 16.4. The Morgan fingerprint density at radius 3 is 2.08 bits per heavy atom. The molecule has 38 heavy (non-hydrogen) atoms. The van der Waals surface area contributed by atoms with Crippen LogP contribution >= 0.6 is 0 Å². The van der Waals surface area contributed by atoms with Gasteiger partial charge in [0.05, 0.1) is 17.3 Å². The maximum atomic E-state index is 12.9. The van der Waals surface area contributed by atoms with Crippen LogP contribution in [0.1, 0.15) is 90.3 Å². The predicted octanol–water partition coefficient (Wildman–Crippen LogP) is 7.07. The van der Waals surface area contributed by atoms with E-state index in [1.165, 1.54) is 31.2 Å². The molecule has 0 fully saturated rings. The van der Waals surface area contributed by atoms with Crippen LogP contribution in [0.15, 0.2) is 53.4 Å². The van der Waals surface area contributed by atoms with E-state index in [2.05, 4.69) is 57.0 Å². The molecule has 0 radical (unpaired) electrons. The summed E-state index contributed by atoms with van der Waals surface area (Å²) >= 11 is 0. The quantitative estimate of drug-likeness (QED) is 0.181. The second kappa shape index (κ2) is 17.6. The van der Waals surface area contributed by atoms with E-state index in [-0.39, 0.29) is 11.8 Å². The summed E-state index contributed by atoms with van der Waals surface area (Å²) in [4.78, 5) is 2.91. The van der Waals surface area contributed by atoms with Gasteiger partial charge in [0.1, 0.15) is 5.75 Å². The molecule has 2 rings (SSSR count). The fourth-order valence-corrected chi connectivity index (χ4v) is 6.06. The largest absolute Gasteiger partial charge is 0.494 e. The second-order valence-corrected chi connectivity index (χ2v) is 12.9. The first-order valence-electron chi connectivity index (χ1n) is 14.8. The summed E-state index contributed by atoms with van der Waals surface area (Å²) in [6, 6.07) is 15.9. The van der Waals surface area contributed by atoms with E-state index in [0.717, 1.165) is 50.3 Å². The number of unbranched alkanes of at least 4 members (excludes halogenated alkanes) is 1. The number of aryl methyl sites for hydroxylation is 1. The molecule has 1 atom stereocenters. The van der Waals surface area contributed by atoms with Gasteiger partial charge in [-0.05, 0) is 92.9 Å². The predicted molar refractivity (Wildman–Crippen MR) is 161 cm³/mol. The highest BCUT2D eigenvalue weighted by Crippen LogP contribution is 2.23. The molecule has 0 aliphatic carbocycles. The Morgan fingerprint density at radius 2 is 1.50 bits per heavy atom. The SMILES string of the molecule is CCCCc1ccc(OCCCS(=O)(=O)c2ccc(C(CC(C)C)NCCN(CCC)CCC)cc2)cc1. The number of nitrogens with zero attached hydrogens (tertiary/aromatic N) is 1. The molecule has 0 heterocycles. The minimum atomic E-state index is -3.35. The molecule has 0 bridgehead atoms. The molecule has 2 aromatic rings. The van der Waals surface area contributed by atoms with Gasteiger partial charge in [-0.3, -0.25) is 0 Å². The standard InChI is InChI=1S/C32H52N2O3S/c1-6-9-11-28-12-16-30(17-13-28)37-24-10-25-38(35,36)31-18-14-29(15-19-31)32(26-27(4)5)33-20-23-34(21-7-2)22-8-3/h12-19,27,32-33H,6-11,20-26H2,1-5H3. The van der Waals surface area contributed by atoms with Gasteiger partial charge >= 0.3 is 0 Å². The zero-order valence-corrected chi connectivity index (χ0v) is 25.4. The van der Waals surface area contributed by atoms with Crippen LogP contribution in [0.2, 0.25) is 0 Å². The summed E-state index contributed by atoms with van der Waals surface area (Å²) in [5.74, 6) is 1.42. The average molecular weight is 545 g/mol. The average Bonchev–Trinajstić information content (AvgIpc) is 2.90. The van der Waals surface area contributed by atoms with Gasteiger partial charge in [0.25, 0.3) is 0 Å². The molecule has 5 nitrogen and oxygen atoms in total. The fraction of sp³-hybridized carbons (Fsp3) is 0.625. The molecule has 0 aliphatic heterocycles. The Labute approximate surface area is 233 Å². The molecule has 0 aliphatic rings. The minimum Gasteiger partial charge on any atom is -0.494 e. The lowest BCUT2D eigenvalue weighted by atomic mass is 9.97. The van der Waals surface area contributed by atoms with Crippen molar-refractivity contribution in [3.63, 3.8) is 0 Å². The van der Waals surface area contributed by atoms with Crippen LogP contribution in [0.5, 0.6) is 5.75 Å². The Bertz CT molecular complexity index is 982. The monoisotopic (exact) mass is 544 g/mol. The molecule has 0 saturated heterocycles. The number of rotatable bonds is 20. The van der Waals surface area contributed by atoms with Crippen LogP contribution in [-0.2, 0) is 16.3 Å². The highest BCUT2D eigenvalue weighted by atomic mass is 32.2. The van der Waals surface area contributed by atoms with Crippen molar-refractivity contribution >= 4 is 9.84 Å². The summed E-state index contributed by atoms with van der Waals surface area (Å²) in [5, 5.41) is 3.74. The van der Waals surface area contributed by atoms with Crippen molar-refractivity contribution in [2.75, 3.05) is 38.5 Å². The molecule has 0 aromatic heterocycles. The van der Waals surface area contributed by atoms with E-state index in [4.69, 9.17) is 4.74 Å². The number of sulfone groups is 1. The van der Waals surface area contributed by atoms with E-state index in [9.17, 15) is 8.42 Å². The molecule has 214 valence electrons. The van der Waals surface area contributed by atoms with Crippen LogP contribution in [-0.4, -0.2) is 51.9 Å². The highest BCUT2D eigenvalue weighted by Gasteiger charge is 2.17. The second-order valence-electron chi connectivity index (χ2n) is 10.8. The normalized spacial score (nSPS) is 12.8. The van der Waals surface area contributed by atoms with Crippen LogP contribution in [0.25, 0.3) is 0 Å². The number of hydrogen-bond acceptors (Lipinski definition) is 5. The van der Waals surface area contributed by atoms with Gasteiger partial charge in [-0.2, -0.15) is 0 Å². The minimum absolute atomic E-state index is 0.0826. The maximum Gasteiger partial charge on any atom is 0.178 e. The summed E-state index contributed by atoms with van der Waals surface area (Å²) in [5.41, 5.74) is 2.46. The maximum absolute atomic E-state index is 12.9. The van der Waals surface area contributed by atoms with Crippen molar-refractivity contribution in [1.82, 2.24) is 10.2 Å². The summed E-state index contributed by atoms with van der Waals surface area (Å²) in [6.45, 7) is 15.7. The van der Waals surface area contributed by atoms with Crippen molar-refractivity contribution < 1.29 is 13.2 Å². The number of nitrogens with one attached hydrogen (secondary N) is 1. The van der Waals surface area contributed by atoms with Gasteiger partial charge < -0.3 is 15.0 Å². The van der Waals surface area contributed by atoms with Crippen LogP contribution in [0.4, 0.5) is 0 Å². The molecule has 2 aromatic carbocycles. The van der Waals surface area contributed by atoms with Gasteiger partial charge in [0, 0.05) is 19.1 Å². The van der Waals surface area contributed by atoms with E-state index < -0.39 is 9.84 Å². The smallest absolute Gasteiger partial charge is 0.178 e. The third-order valence-electron chi connectivity index (χ3n) is 6.82. The third kappa shape index (κ3) is 11.9. The first-order chi connectivity index (χ1) is 18.3. The van der Waals surface area contributed by atoms with Crippen molar-refractivity contribution in [1.29, 1.82) is 0 Å². The summed E-state index contributed by atoms with van der Waals surface area (Å²) in [6.07, 6.45) is 7.27. The Hall–Kier alpha value is -1.89. The van der Waals surface area contributed by atoms with E-state index in [1.807, 2.05) is 24.3 Å². The lowest BCUT2D eigenvalue weighted by Crippen LogP contribution is -2.35. The molecule has 1 unspecified atom stereocenters. The van der Waals surface area contributed by atoms with Crippen LogP contribution in [0, 0.1) is 5.92 Å². The highest BCUT2D eigenvalue weighted by molar-refractivity contribution is 7.91. The van der Waals surface area contributed by atoms with Crippen molar-refractivity contribution in [2.45, 2.75) is 90.5 Å². The zero-order chi connectivity index (χ0) is 27.8. The fourth-order valence-electron chi connectivity index (χ4n) is 4.77. The Kier molecular flexibility index (Phi) is 15.0. The molecule has 1 N–H and O–H groups in total. The number of ether oxygens (including phenoxy) is 1. The summed E-state index contributed by atoms with van der Waals surface area (Å²) < 4.78 is 31.7. The number of benzene rings is 2. The third-order valence-corrected chi connectivity index (χ3v) is 8.63. The zero-order valence-electron chi connectivity index (χ0n) is 24.5. The lowest BCUT2D eigenvalue weighted by molar-refractivity contribution is 0.266. The molecule has 0 saturated carbocycles. The van der Waals surface area contributed by atoms with E-state index in [1.54, 1.807) is 12.1 Å². The topological polar surface area (TPSA) is 58.6 Å². The lowest BCUT2D eigenvalue weighted by Gasteiger charge is -2.25. The van der Waals surface area contributed by atoms with Crippen molar-refractivity contribution in [3.8, 4) is 5.75 Å². The molecular weight excluding hydrogens is 492 g/mol. The van der Waals surface area contributed by atoms with E-state index in [0.29, 0.717) is 23.8 Å². The number of hydrogen-bond donors (Lipinski definition) is 1.